The third kappa shape index (κ3) is 3.97. The van der Waals surface area contributed by atoms with Crippen molar-refractivity contribution in [3.05, 3.63) is 35.9 Å². The van der Waals surface area contributed by atoms with E-state index in [0.717, 1.165) is 6.08 Å². The van der Waals surface area contributed by atoms with Gasteiger partial charge in [-0.15, -0.1) is 0 Å². The van der Waals surface area contributed by atoms with Crippen LogP contribution in [0, 0.1) is 11.3 Å². The molecule has 0 saturated heterocycles. The number of carboxylic acid groups (broad SMARTS) is 1. The summed E-state index contributed by atoms with van der Waals surface area (Å²) in [5.74, 6) is -0.565. The van der Waals surface area contributed by atoms with Crippen LogP contribution in [0.5, 0.6) is 5.75 Å². The van der Waals surface area contributed by atoms with Crippen LogP contribution in [-0.4, -0.2) is 25.0 Å². The molecule has 0 bridgehead atoms. The molecule has 0 fully saturated rings. The van der Waals surface area contributed by atoms with Crippen LogP contribution in [-0.2, 0) is 9.53 Å². The third-order valence-corrected chi connectivity index (χ3v) is 1.90. The van der Waals surface area contributed by atoms with Gasteiger partial charge in [0, 0.05) is 13.2 Å². The van der Waals surface area contributed by atoms with Crippen molar-refractivity contribution in [2.75, 3.05) is 13.9 Å². The molecule has 0 heterocycles. The molecule has 0 amide bonds. The molecule has 0 aromatic heterocycles. The average molecular weight is 233 g/mol. The molecule has 1 aromatic rings. The predicted molar refractivity (Wildman–Crippen MR) is 60.2 cm³/mol. The van der Waals surface area contributed by atoms with Gasteiger partial charge in [-0.2, -0.15) is 5.26 Å². The standard InChI is InChI=1S/C12H11NO4/c1-16-8-17-11-4-2-9(3-5-11)10(7-13)6-12(14)15/h2-6H,8H2,1H3,(H,14,15)/b10-6-. The average Bonchev–Trinajstić information content (AvgIpc) is 2.34. The van der Waals surface area contributed by atoms with Gasteiger partial charge in [0.2, 0.25) is 0 Å². The van der Waals surface area contributed by atoms with Crippen molar-refractivity contribution >= 4 is 11.5 Å². The molecule has 0 aliphatic heterocycles. The minimum atomic E-state index is -1.15. The fourth-order valence-electron chi connectivity index (χ4n) is 1.16. The van der Waals surface area contributed by atoms with E-state index in [1.165, 1.54) is 7.11 Å². The maximum absolute atomic E-state index is 10.5. The van der Waals surface area contributed by atoms with Crippen molar-refractivity contribution in [1.29, 1.82) is 5.26 Å². The van der Waals surface area contributed by atoms with E-state index in [9.17, 15) is 4.79 Å². The molecule has 0 spiro atoms. The molecule has 17 heavy (non-hydrogen) atoms. The van der Waals surface area contributed by atoms with Crippen LogP contribution < -0.4 is 4.74 Å². The van der Waals surface area contributed by atoms with E-state index in [0.29, 0.717) is 11.3 Å². The highest BCUT2D eigenvalue weighted by atomic mass is 16.7. The number of nitrogens with zero attached hydrogens (tertiary/aromatic N) is 1. The number of carboxylic acids is 1. The minimum absolute atomic E-state index is 0.0933. The number of benzene rings is 1. The maximum atomic E-state index is 10.5. The van der Waals surface area contributed by atoms with E-state index >= 15 is 0 Å². The summed E-state index contributed by atoms with van der Waals surface area (Å²) < 4.78 is 9.90. The lowest BCUT2D eigenvalue weighted by Crippen LogP contribution is -1.98. The number of carbonyl (C=O) groups is 1. The highest BCUT2D eigenvalue weighted by molar-refractivity contribution is 5.94. The van der Waals surface area contributed by atoms with E-state index in [1.807, 2.05) is 6.07 Å². The first-order chi connectivity index (χ1) is 8.17. The quantitative estimate of drug-likeness (QED) is 0.475. The van der Waals surface area contributed by atoms with E-state index in [-0.39, 0.29) is 12.4 Å². The van der Waals surface area contributed by atoms with Crippen LogP contribution in [0.4, 0.5) is 0 Å². The van der Waals surface area contributed by atoms with Gasteiger partial charge in [-0.3, -0.25) is 0 Å². The largest absolute Gasteiger partial charge is 0.478 e. The van der Waals surface area contributed by atoms with Gasteiger partial charge in [-0.25, -0.2) is 4.79 Å². The molecule has 1 rings (SSSR count). The summed E-state index contributed by atoms with van der Waals surface area (Å²) in [6, 6.07) is 8.34. The monoisotopic (exact) mass is 233 g/mol. The Bertz CT molecular complexity index is 456. The molecule has 0 aliphatic carbocycles. The molecule has 0 atom stereocenters. The lowest BCUT2D eigenvalue weighted by Gasteiger charge is -2.05. The SMILES string of the molecule is COCOc1ccc(/C(C#N)=C\C(=O)O)cc1. The molecule has 5 heteroatoms. The number of methoxy groups -OCH3 is 1. The van der Waals surface area contributed by atoms with Gasteiger partial charge in [0.1, 0.15) is 11.8 Å². The number of rotatable bonds is 5. The molecule has 0 unspecified atom stereocenters. The molecule has 88 valence electrons. The molecule has 0 saturated carbocycles. The second-order valence-corrected chi connectivity index (χ2v) is 3.08. The minimum Gasteiger partial charge on any atom is -0.478 e. The summed E-state index contributed by atoms with van der Waals surface area (Å²) >= 11 is 0. The van der Waals surface area contributed by atoms with Crippen LogP contribution in [0.3, 0.4) is 0 Å². The first-order valence-corrected chi connectivity index (χ1v) is 4.74. The van der Waals surface area contributed by atoms with E-state index in [2.05, 4.69) is 0 Å². The summed E-state index contributed by atoms with van der Waals surface area (Å²) in [6.07, 6.45) is 0.866. The summed E-state index contributed by atoms with van der Waals surface area (Å²) in [4.78, 5) is 10.5. The normalized spacial score (nSPS) is 10.7. The van der Waals surface area contributed by atoms with Crippen molar-refractivity contribution < 1.29 is 19.4 Å². The molecular weight excluding hydrogens is 222 g/mol. The maximum Gasteiger partial charge on any atom is 0.329 e. The Kier molecular flexibility index (Phi) is 4.73. The summed E-state index contributed by atoms with van der Waals surface area (Å²) in [6.45, 7) is 0.134. The predicted octanol–water partition coefficient (Wildman–Crippen LogP) is 1.66. The fourth-order valence-corrected chi connectivity index (χ4v) is 1.16. The zero-order chi connectivity index (χ0) is 12.7. The van der Waals surface area contributed by atoms with Crippen LogP contribution >= 0.6 is 0 Å². The Morgan fingerprint density at radius 3 is 2.59 bits per heavy atom. The number of nitriles is 1. The number of allylic oxidation sites excluding steroid dienone is 1. The van der Waals surface area contributed by atoms with Crippen molar-refractivity contribution in [2.24, 2.45) is 0 Å². The van der Waals surface area contributed by atoms with Gasteiger partial charge in [0.15, 0.2) is 6.79 Å². The zero-order valence-corrected chi connectivity index (χ0v) is 9.21. The first-order valence-electron chi connectivity index (χ1n) is 4.74. The number of hydrogen-bond donors (Lipinski definition) is 1. The lowest BCUT2D eigenvalue weighted by molar-refractivity contribution is -0.131. The van der Waals surface area contributed by atoms with E-state index in [1.54, 1.807) is 24.3 Å². The Morgan fingerprint density at radius 1 is 1.47 bits per heavy atom. The Morgan fingerprint density at radius 2 is 2.12 bits per heavy atom. The van der Waals surface area contributed by atoms with Gasteiger partial charge < -0.3 is 14.6 Å². The second kappa shape index (κ2) is 6.30. The summed E-state index contributed by atoms with van der Waals surface area (Å²) in [5, 5.41) is 17.4. The number of aliphatic carboxylic acids is 1. The van der Waals surface area contributed by atoms with Crippen molar-refractivity contribution in [1.82, 2.24) is 0 Å². The summed E-state index contributed by atoms with van der Waals surface area (Å²) in [5.41, 5.74) is 0.621. The zero-order valence-electron chi connectivity index (χ0n) is 9.21. The molecule has 1 aromatic carbocycles. The Balaban J connectivity index is 2.86. The molecule has 0 radical (unpaired) electrons. The van der Waals surface area contributed by atoms with Gasteiger partial charge >= 0.3 is 5.97 Å². The molecule has 1 N–H and O–H groups in total. The highest BCUT2D eigenvalue weighted by Gasteiger charge is 2.03. The highest BCUT2D eigenvalue weighted by Crippen LogP contribution is 2.18. The Hall–Kier alpha value is -2.32. The van der Waals surface area contributed by atoms with Gasteiger partial charge in [0.25, 0.3) is 0 Å². The first kappa shape index (κ1) is 12.7. The van der Waals surface area contributed by atoms with Crippen LogP contribution in [0.25, 0.3) is 5.57 Å². The van der Waals surface area contributed by atoms with Crippen molar-refractivity contribution in [2.45, 2.75) is 0 Å². The number of ether oxygens (including phenoxy) is 2. The number of hydrogen-bond acceptors (Lipinski definition) is 4. The van der Waals surface area contributed by atoms with E-state index in [4.69, 9.17) is 19.8 Å². The van der Waals surface area contributed by atoms with Crippen LogP contribution in [0.15, 0.2) is 30.3 Å². The van der Waals surface area contributed by atoms with Crippen molar-refractivity contribution in [3.63, 3.8) is 0 Å². The molecule has 0 aliphatic rings. The fraction of sp³-hybridized carbons (Fsp3) is 0.167. The van der Waals surface area contributed by atoms with Crippen LogP contribution in [0.1, 0.15) is 5.56 Å². The Labute approximate surface area is 98.5 Å². The summed E-state index contributed by atoms with van der Waals surface area (Å²) in [7, 11) is 1.51. The lowest BCUT2D eigenvalue weighted by atomic mass is 10.1. The van der Waals surface area contributed by atoms with Gasteiger partial charge in [-0.05, 0) is 29.8 Å². The van der Waals surface area contributed by atoms with Crippen molar-refractivity contribution in [3.8, 4) is 11.8 Å². The third-order valence-electron chi connectivity index (χ3n) is 1.90. The smallest absolute Gasteiger partial charge is 0.329 e. The second-order valence-electron chi connectivity index (χ2n) is 3.08. The topological polar surface area (TPSA) is 79.5 Å². The van der Waals surface area contributed by atoms with E-state index < -0.39 is 5.97 Å². The molecular formula is C12H11NO4. The van der Waals surface area contributed by atoms with Crippen LogP contribution in [0.2, 0.25) is 0 Å². The van der Waals surface area contributed by atoms with Gasteiger partial charge in [0.05, 0.1) is 5.57 Å². The van der Waals surface area contributed by atoms with Gasteiger partial charge in [-0.1, -0.05) is 0 Å². The molecule has 5 nitrogen and oxygen atoms in total.